The molecule has 1 amide bonds. The highest BCUT2D eigenvalue weighted by Gasteiger charge is 2.50. The molecule has 1 N–H and O–H groups in total. The van der Waals surface area contributed by atoms with E-state index in [1.165, 1.54) is 43.7 Å². The van der Waals surface area contributed by atoms with Crippen molar-refractivity contribution in [3.63, 3.8) is 0 Å². The molecule has 5 unspecified atom stereocenters. The topological polar surface area (TPSA) is 57.3 Å². The Morgan fingerprint density at radius 1 is 1.16 bits per heavy atom. The van der Waals surface area contributed by atoms with Crippen LogP contribution in [-0.2, 0) is 16.6 Å². The van der Waals surface area contributed by atoms with E-state index in [1.54, 1.807) is 6.07 Å². The number of likely N-dealkylation sites (tertiary alicyclic amines) is 2. The standard InChI is InChI=1S/C39H50ClFN4O3S/c1-4-26-11-13-45-23-39(12-5-6-29-31(39)8-9-32(40)35(29)41)24-48-34-10-7-27(18-33(34)45)37(46)42-49-25(2)16-28-17-30(28)36(26)47-15-14-44-21-38(22-44)19-43(3)20-38/h7-10,17-18,25-26,28,36H,4-6,11-16,19-24H2,1-3H3,(H,42,46). The molecule has 4 aliphatic heterocycles. The third-order valence-corrected chi connectivity index (χ3v) is 13.3. The molecule has 6 aliphatic rings. The summed E-state index contributed by atoms with van der Waals surface area (Å²) in [4.78, 5) is 20.8. The number of carbonyl (C=O) groups excluding carboxylic acids is 1. The highest BCUT2D eigenvalue weighted by atomic mass is 35.5. The first-order chi connectivity index (χ1) is 23.7. The molecule has 7 nitrogen and oxygen atoms in total. The summed E-state index contributed by atoms with van der Waals surface area (Å²) < 4.78 is 32.1. The molecule has 0 radical (unpaired) electrons. The summed E-state index contributed by atoms with van der Waals surface area (Å²) >= 11 is 7.79. The fourth-order valence-electron chi connectivity index (χ4n) is 9.70. The van der Waals surface area contributed by atoms with Gasteiger partial charge in [0.1, 0.15) is 11.6 Å². The summed E-state index contributed by atoms with van der Waals surface area (Å²) in [6.45, 7) is 13.0. The van der Waals surface area contributed by atoms with Gasteiger partial charge in [0.05, 0.1) is 30.0 Å². The Balaban J connectivity index is 1.07. The average molecular weight is 709 g/mol. The molecule has 8 rings (SSSR count). The lowest BCUT2D eigenvalue weighted by molar-refractivity contribution is -0.113. The summed E-state index contributed by atoms with van der Waals surface area (Å²) in [6.07, 6.45) is 7.92. The second-order valence-electron chi connectivity index (χ2n) is 15.9. The number of fused-ring (bicyclic) bond motifs is 4. The van der Waals surface area contributed by atoms with Gasteiger partial charge in [0.25, 0.3) is 5.91 Å². The number of amides is 1. The van der Waals surface area contributed by atoms with Crippen molar-refractivity contribution in [3.05, 3.63) is 69.5 Å². The van der Waals surface area contributed by atoms with Crippen molar-refractivity contribution in [2.24, 2.45) is 17.3 Å². The lowest BCUT2D eigenvalue weighted by Gasteiger charge is -2.59. The van der Waals surface area contributed by atoms with E-state index in [1.807, 2.05) is 24.3 Å². The molecule has 4 heterocycles. The second kappa shape index (κ2) is 13.4. The van der Waals surface area contributed by atoms with Gasteiger partial charge in [-0.05, 0) is 98.0 Å². The molecule has 0 aromatic heterocycles. The third kappa shape index (κ3) is 6.52. The number of carbonyl (C=O) groups is 1. The Labute approximate surface area is 300 Å². The number of ether oxygens (including phenoxy) is 2. The number of rotatable bonds is 5. The predicted octanol–water partition coefficient (Wildman–Crippen LogP) is 6.73. The monoisotopic (exact) mass is 708 g/mol. The lowest BCUT2D eigenvalue weighted by Crippen LogP contribution is -2.71. The van der Waals surface area contributed by atoms with Gasteiger partial charge in [-0.25, -0.2) is 4.39 Å². The Morgan fingerprint density at radius 2 is 2.00 bits per heavy atom. The predicted molar refractivity (Wildman–Crippen MR) is 195 cm³/mol. The normalized spacial score (nSPS) is 31.2. The molecule has 49 heavy (non-hydrogen) atoms. The van der Waals surface area contributed by atoms with Gasteiger partial charge >= 0.3 is 0 Å². The Bertz CT molecular complexity index is 1630. The minimum Gasteiger partial charge on any atom is -0.490 e. The molecule has 0 saturated carbocycles. The number of anilines is 1. The van der Waals surface area contributed by atoms with Crippen LogP contribution in [-0.4, -0.2) is 93.1 Å². The molecule has 2 saturated heterocycles. The summed E-state index contributed by atoms with van der Waals surface area (Å²) in [5.41, 5.74) is 4.86. The molecule has 2 bridgehead atoms. The number of benzene rings is 2. The zero-order valence-electron chi connectivity index (χ0n) is 29.1. The van der Waals surface area contributed by atoms with Crippen molar-refractivity contribution in [2.75, 3.05) is 71.0 Å². The van der Waals surface area contributed by atoms with Crippen LogP contribution < -0.4 is 14.4 Å². The maximum absolute atomic E-state index is 15.4. The fraction of sp³-hybridized carbons (Fsp3) is 0.615. The highest BCUT2D eigenvalue weighted by Crippen LogP contribution is 2.47. The van der Waals surface area contributed by atoms with E-state index in [0.29, 0.717) is 42.4 Å². The molecule has 2 aliphatic carbocycles. The minimum atomic E-state index is -0.389. The lowest BCUT2D eigenvalue weighted by atomic mass is 9.70. The van der Waals surface area contributed by atoms with Gasteiger partial charge in [-0.1, -0.05) is 44.0 Å². The van der Waals surface area contributed by atoms with Crippen molar-refractivity contribution in [1.82, 2.24) is 14.5 Å². The van der Waals surface area contributed by atoms with E-state index in [4.69, 9.17) is 21.1 Å². The van der Waals surface area contributed by atoms with Gasteiger partial charge in [-0.15, -0.1) is 0 Å². The van der Waals surface area contributed by atoms with Crippen molar-refractivity contribution in [3.8, 4) is 5.75 Å². The first-order valence-corrected chi connectivity index (χ1v) is 19.6. The van der Waals surface area contributed by atoms with Crippen molar-refractivity contribution in [1.29, 1.82) is 0 Å². The molecule has 2 fully saturated rings. The summed E-state index contributed by atoms with van der Waals surface area (Å²) in [5, 5.41) is 0.451. The maximum Gasteiger partial charge on any atom is 0.261 e. The number of nitrogens with zero attached hydrogens (tertiary/aromatic N) is 3. The van der Waals surface area contributed by atoms with Crippen LogP contribution >= 0.6 is 23.5 Å². The number of halogens is 2. The van der Waals surface area contributed by atoms with Crippen LogP contribution in [0.5, 0.6) is 5.75 Å². The third-order valence-electron chi connectivity index (χ3n) is 12.1. The van der Waals surface area contributed by atoms with Crippen molar-refractivity contribution in [2.45, 2.75) is 69.1 Å². The van der Waals surface area contributed by atoms with Crippen LogP contribution in [0.4, 0.5) is 10.1 Å². The summed E-state index contributed by atoms with van der Waals surface area (Å²) in [5.74, 6) is 1.16. The van der Waals surface area contributed by atoms with E-state index in [0.717, 1.165) is 74.4 Å². The second-order valence-corrected chi connectivity index (χ2v) is 17.6. The average Bonchev–Trinajstić information content (AvgIpc) is 3.84. The molecule has 2 aromatic carbocycles. The molecule has 10 heteroatoms. The summed E-state index contributed by atoms with van der Waals surface area (Å²) in [6, 6.07) is 9.53. The minimum absolute atomic E-state index is 0.0895. The van der Waals surface area contributed by atoms with E-state index >= 15 is 4.39 Å². The quantitative estimate of drug-likeness (QED) is 0.273. The van der Waals surface area contributed by atoms with Gasteiger partial charge < -0.3 is 19.3 Å². The Morgan fingerprint density at radius 3 is 2.80 bits per heavy atom. The molecular weight excluding hydrogens is 659 g/mol. The molecule has 264 valence electrons. The van der Waals surface area contributed by atoms with Gasteiger partial charge in [0.15, 0.2) is 0 Å². The van der Waals surface area contributed by atoms with Crippen molar-refractivity contribution < 1.29 is 18.7 Å². The molecule has 2 spiro atoms. The first-order valence-electron chi connectivity index (χ1n) is 18.4. The zero-order chi connectivity index (χ0) is 33.9. The van der Waals surface area contributed by atoms with E-state index in [-0.39, 0.29) is 33.5 Å². The molecule has 5 atom stereocenters. The van der Waals surface area contributed by atoms with Crippen LogP contribution in [0, 0.1) is 23.1 Å². The summed E-state index contributed by atoms with van der Waals surface area (Å²) in [7, 11) is 2.21. The van der Waals surface area contributed by atoms with Crippen LogP contribution in [0.1, 0.15) is 67.4 Å². The van der Waals surface area contributed by atoms with Gasteiger partial charge in [-0.2, -0.15) is 0 Å². The van der Waals surface area contributed by atoms with Gasteiger partial charge in [0, 0.05) is 73.4 Å². The number of allylic oxidation sites excluding steroid dienone is 1. The molecule has 2 aromatic rings. The zero-order valence-corrected chi connectivity index (χ0v) is 30.7. The Kier molecular flexibility index (Phi) is 9.22. The first kappa shape index (κ1) is 33.8. The smallest absolute Gasteiger partial charge is 0.261 e. The van der Waals surface area contributed by atoms with Gasteiger partial charge in [0.2, 0.25) is 0 Å². The van der Waals surface area contributed by atoms with Crippen molar-refractivity contribution >= 4 is 35.1 Å². The molecular formula is C39H50ClFN4O3S. The van der Waals surface area contributed by atoms with Crippen LogP contribution in [0.3, 0.4) is 0 Å². The number of hydrogen-bond donors (Lipinski definition) is 1. The largest absolute Gasteiger partial charge is 0.490 e. The number of hydrogen-bond acceptors (Lipinski definition) is 7. The van der Waals surface area contributed by atoms with Crippen LogP contribution in [0.25, 0.3) is 0 Å². The number of nitrogens with one attached hydrogen (secondary N) is 1. The van der Waals surface area contributed by atoms with Gasteiger partial charge in [-0.3, -0.25) is 14.4 Å². The van der Waals surface area contributed by atoms with Crippen LogP contribution in [0.15, 0.2) is 42.0 Å². The van der Waals surface area contributed by atoms with E-state index < -0.39 is 0 Å². The fourth-order valence-corrected chi connectivity index (χ4v) is 10.6. The van der Waals surface area contributed by atoms with Crippen LogP contribution in [0.2, 0.25) is 5.02 Å². The maximum atomic E-state index is 15.4. The highest BCUT2D eigenvalue weighted by molar-refractivity contribution is 7.98. The van der Waals surface area contributed by atoms with E-state index in [9.17, 15) is 4.79 Å². The van der Waals surface area contributed by atoms with E-state index in [2.05, 4.69) is 46.4 Å². The Hall–Kier alpha value is -2.30. The SMILES string of the molecule is CCC1CCN2CC3(CCCc4c3ccc(Cl)c4F)COc3ccc(cc32)C(=O)NSC(C)CC2C=C2C1OCCN1CC2(CN(C)C2)C1.